The molecule has 2 atom stereocenters. The summed E-state index contributed by atoms with van der Waals surface area (Å²) in [7, 11) is 0. The van der Waals surface area contributed by atoms with Crippen molar-refractivity contribution in [3.8, 4) is 22.7 Å². The first-order valence-corrected chi connectivity index (χ1v) is 10.4. The summed E-state index contributed by atoms with van der Waals surface area (Å²) in [5.41, 5.74) is 2.52. The average molecular weight is 378 g/mol. The van der Waals surface area contributed by atoms with Crippen LogP contribution < -0.4 is 0 Å². The van der Waals surface area contributed by atoms with Gasteiger partial charge in [-0.2, -0.15) is 0 Å². The quantitative estimate of drug-likeness (QED) is 0.646. The maximum atomic E-state index is 6.09. The fraction of sp³-hybridized carbons (Fsp3) is 0.500. The molecule has 3 heterocycles. The van der Waals surface area contributed by atoms with Crippen LogP contribution in [0.15, 0.2) is 39.3 Å². The molecule has 0 N–H and O–H groups in total. The van der Waals surface area contributed by atoms with Crippen LogP contribution in [0.3, 0.4) is 0 Å². The lowest BCUT2D eigenvalue weighted by atomic mass is 9.78. The molecule has 0 bridgehead atoms. The zero-order valence-electron chi connectivity index (χ0n) is 16.3. The Kier molecular flexibility index (Phi) is 4.72. The van der Waals surface area contributed by atoms with Crippen molar-refractivity contribution in [3.05, 3.63) is 42.0 Å². The van der Waals surface area contributed by atoms with Crippen LogP contribution in [0.2, 0.25) is 0 Å². The summed E-state index contributed by atoms with van der Waals surface area (Å²) in [6.07, 6.45) is 8.04. The van der Waals surface area contributed by atoms with E-state index in [0.29, 0.717) is 23.6 Å². The second-order valence-electron chi connectivity index (χ2n) is 8.05. The lowest BCUT2D eigenvalue weighted by molar-refractivity contribution is 0.0483. The van der Waals surface area contributed by atoms with Gasteiger partial charge in [0.1, 0.15) is 17.0 Å². The van der Waals surface area contributed by atoms with Crippen LogP contribution in [0.25, 0.3) is 22.7 Å². The number of piperidine rings is 1. The fourth-order valence-corrected chi connectivity index (χ4v) is 4.93. The highest BCUT2D eigenvalue weighted by Gasteiger charge is 2.34. The zero-order valence-corrected chi connectivity index (χ0v) is 16.3. The van der Waals surface area contributed by atoms with Crippen molar-refractivity contribution >= 4 is 0 Å². The van der Waals surface area contributed by atoms with Crippen LogP contribution in [0.4, 0.5) is 0 Å². The maximum absolute atomic E-state index is 6.09. The molecule has 0 unspecified atom stereocenters. The van der Waals surface area contributed by atoms with E-state index >= 15 is 0 Å². The van der Waals surface area contributed by atoms with E-state index in [9.17, 15) is 0 Å². The summed E-state index contributed by atoms with van der Waals surface area (Å²) in [4.78, 5) is 2.56. The van der Waals surface area contributed by atoms with Crippen LogP contribution in [0.5, 0.6) is 0 Å². The van der Waals surface area contributed by atoms with Crippen molar-refractivity contribution < 1.29 is 8.94 Å². The van der Waals surface area contributed by atoms with Gasteiger partial charge in [-0.25, -0.2) is 0 Å². The predicted octanol–water partition coefficient (Wildman–Crippen LogP) is 4.85. The maximum Gasteiger partial charge on any atom is 0.253 e. The van der Waals surface area contributed by atoms with Crippen LogP contribution in [-0.4, -0.2) is 32.8 Å². The Morgan fingerprint density at radius 3 is 2.75 bits per heavy atom. The number of aryl methyl sites for hydroxylation is 1. The summed E-state index contributed by atoms with van der Waals surface area (Å²) < 4.78 is 11.5. The van der Waals surface area contributed by atoms with Gasteiger partial charge in [-0.1, -0.05) is 48.3 Å². The van der Waals surface area contributed by atoms with Crippen LogP contribution in [-0.2, 0) is 6.54 Å². The number of nitrogens with zero attached hydrogens (tertiary/aromatic N) is 4. The van der Waals surface area contributed by atoms with Crippen molar-refractivity contribution in [2.45, 2.75) is 58.0 Å². The molecule has 1 aliphatic carbocycles. The van der Waals surface area contributed by atoms with Crippen LogP contribution in [0.1, 0.15) is 50.2 Å². The monoisotopic (exact) mass is 378 g/mol. The number of likely N-dealkylation sites (tertiary alicyclic amines) is 1. The van der Waals surface area contributed by atoms with Gasteiger partial charge in [-0.3, -0.25) is 4.90 Å². The highest BCUT2D eigenvalue weighted by atomic mass is 16.5. The van der Waals surface area contributed by atoms with Gasteiger partial charge in [0.2, 0.25) is 5.89 Å². The second kappa shape index (κ2) is 7.51. The van der Waals surface area contributed by atoms with Crippen molar-refractivity contribution in [1.82, 2.24) is 20.3 Å². The lowest BCUT2D eigenvalue weighted by Gasteiger charge is -2.43. The van der Waals surface area contributed by atoms with E-state index in [1.807, 2.05) is 37.3 Å². The molecule has 5 rings (SSSR count). The molecule has 2 fully saturated rings. The number of benzene rings is 1. The number of aromatic nitrogens is 3. The molecule has 1 saturated heterocycles. The predicted molar refractivity (Wildman–Crippen MR) is 105 cm³/mol. The first-order chi connectivity index (χ1) is 13.8. The van der Waals surface area contributed by atoms with Gasteiger partial charge in [0.15, 0.2) is 0 Å². The van der Waals surface area contributed by atoms with E-state index in [2.05, 4.69) is 20.3 Å². The van der Waals surface area contributed by atoms with E-state index in [1.165, 1.54) is 38.5 Å². The van der Waals surface area contributed by atoms with E-state index in [-0.39, 0.29) is 0 Å². The molecule has 2 aliphatic rings. The van der Waals surface area contributed by atoms with Crippen LogP contribution in [0, 0.1) is 12.8 Å². The summed E-state index contributed by atoms with van der Waals surface area (Å²) in [6, 6.07) is 10.6. The molecule has 1 aliphatic heterocycles. The standard InChI is InChI=1S/C22H26N4O2/c1-15-20(21(25-28-15)17-9-3-2-4-10-17)22-24-23-19(27-22)14-26-13-7-11-16-8-5-6-12-18(16)26/h2-4,9-10,16,18H,5-8,11-14H2,1H3/t16-,18-/m0/s1. The number of rotatable bonds is 4. The summed E-state index contributed by atoms with van der Waals surface area (Å²) in [5, 5.41) is 12.9. The molecule has 1 aromatic carbocycles. The highest BCUT2D eigenvalue weighted by Crippen LogP contribution is 2.37. The summed E-state index contributed by atoms with van der Waals surface area (Å²) >= 11 is 0. The van der Waals surface area contributed by atoms with Crippen LogP contribution >= 0.6 is 0 Å². The third-order valence-corrected chi connectivity index (χ3v) is 6.29. The molecule has 3 aromatic rings. The second-order valence-corrected chi connectivity index (χ2v) is 8.05. The number of fused-ring (bicyclic) bond motifs is 1. The molecule has 6 nitrogen and oxygen atoms in total. The minimum atomic E-state index is 0.491. The molecular formula is C22H26N4O2. The van der Waals surface area contributed by atoms with Crippen molar-refractivity contribution in [2.75, 3.05) is 6.54 Å². The first-order valence-electron chi connectivity index (χ1n) is 10.4. The minimum absolute atomic E-state index is 0.491. The minimum Gasteiger partial charge on any atom is -0.419 e. The Morgan fingerprint density at radius 2 is 1.86 bits per heavy atom. The first kappa shape index (κ1) is 17.6. The topological polar surface area (TPSA) is 68.2 Å². The number of hydrogen-bond donors (Lipinski definition) is 0. The van der Waals surface area contributed by atoms with Crippen molar-refractivity contribution in [3.63, 3.8) is 0 Å². The van der Waals surface area contributed by atoms with E-state index in [1.54, 1.807) is 0 Å². The summed E-state index contributed by atoms with van der Waals surface area (Å²) in [6.45, 7) is 3.75. The summed E-state index contributed by atoms with van der Waals surface area (Å²) in [5.74, 6) is 2.71. The third-order valence-electron chi connectivity index (χ3n) is 6.29. The average Bonchev–Trinajstić information content (AvgIpc) is 3.35. The highest BCUT2D eigenvalue weighted by molar-refractivity contribution is 5.77. The SMILES string of the molecule is Cc1onc(-c2ccccc2)c1-c1nnc(CN2CCC[C@@H]3CCCC[C@@H]32)o1. The zero-order chi connectivity index (χ0) is 18.9. The van der Waals surface area contributed by atoms with E-state index < -0.39 is 0 Å². The van der Waals surface area contributed by atoms with Gasteiger partial charge in [-0.15, -0.1) is 10.2 Å². The Labute approximate surface area is 164 Å². The molecule has 0 spiro atoms. The molecule has 28 heavy (non-hydrogen) atoms. The molecular weight excluding hydrogens is 352 g/mol. The van der Waals surface area contributed by atoms with Gasteiger partial charge in [0.05, 0.1) is 6.54 Å². The van der Waals surface area contributed by atoms with Gasteiger partial charge in [-0.05, 0) is 45.1 Å². The Balaban J connectivity index is 1.39. The largest absolute Gasteiger partial charge is 0.419 e. The molecule has 2 aromatic heterocycles. The Morgan fingerprint density at radius 1 is 1.04 bits per heavy atom. The Hall–Kier alpha value is -2.47. The molecule has 0 radical (unpaired) electrons. The van der Waals surface area contributed by atoms with Crippen molar-refractivity contribution in [2.24, 2.45) is 5.92 Å². The van der Waals surface area contributed by atoms with E-state index in [0.717, 1.165) is 35.8 Å². The van der Waals surface area contributed by atoms with E-state index in [4.69, 9.17) is 8.94 Å². The fourth-order valence-electron chi connectivity index (χ4n) is 4.93. The van der Waals surface area contributed by atoms with Gasteiger partial charge in [0.25, 0.3) is 5.89 Å². The molecule has 0 amide bonds. The van der Waals surface area contributed by atoms with Gasteiger partial charge in [0, 0.05) is 11.6 Å². The van der Waals surface area contributed by atoms with Gasteiger partial charge >= 0.3 is 0 Å². The molecule has 146 valence electrons. The van der Waals surface area contributed by atoms with Crippen molar-refractivity contribution in [1.29, 1.82) is 0 Å². The smallest absolute Gasteiger partial charge is 0.253 e. The molecule has 6 heteroatoms. The third kappa shape index (κ3) is 3.26. The normalized spacial score (nSPS) is 22.9. The Bertz CT molecular complexity index is 931. The lowest BCUT2D eigenvalue weighted by Crippen LogP contribution is -2.46. The van der Waals surface area contributed by atoms with Gasteiger partial charge < -0.3 is 8.94 Å². The molecule has 1 saturated carbocycles. The number of hydrogen-bond acceptors (Lipinski definition) is 6.